The predicted octanol–water partition coefficient (Wildman–Crippen LogP) is 4.54. The largest absolute Gasteiger partial charge is 0.355 e. The lowest BCUT2D eigenvalue weighted by Gasteiger charge is -2.43. The average molecular weight is 469 g/mol. The predicted molar refractivity (Wildman–Crippen MR) is 132 cm³/mol. The molecule has 0 bridgehead atoms. The molecule has 1 N–H and O–H groups in total. The number of benzene rings is 1. The third kappa shape index (κ3) is 4.93. The van der Waals surface area contributed by atoms with Gasteiger partial charge >= 0.3 is 0 Å². The fourth-order valence-electron chi connectivity index (χ4n) is 5.27. The van der Waals surface area contributed by atoms with Crippen LogP contribution in [0.2, 0.25) is 0 Å². The van der Waals surface area contributed by atoms with Crippen LogP contribution in [0.1, 0.15) is 33.6 Å². The normalized spacial score (nSPS) is 19.3. The van der Waals surface area contributed by atoms with E-state index >= 15 is 0 Å². The van der Waals surface area contributed by atoms with Gasteiger partial charge in [-0.15, -0.1) is 0 Å². The molecule has 0 atom stereocenters. The maximum Gasteiger partial charge on any atom is 0.156 e. The molecule has 0 radical (unpaired) electrons. The van der Waals surface area contributed by atoms with Crippen molar-refractivity contribution in [1.29, 1.82) is 0 Å². The highest BCUT2D eigenvalue weighted by Crippen LogP contribution is 2.30. The SMILES string of the molecule is CC(C)(C)N1CCN(CC2CCN(c3nccc4[nH]c(-c5cc(F)cc(F)c5)nc34)CC2)CC1. The summed E-state index contributed by atoms with van der Waals surface area (Å²) in [6, 6.07) is 5.31. The number of rotatable bonds is 4. The standard InChI is InChI=1S/C26H34F2N6/c1-26(2,3)34-12-10-32(11-13-34)17-18-5-8-33(9-6-18)25-23-22(4-7-29-25)30-24(31-23)19-14-20(27)16-21(28)15-19/h4,7,14-16,18H,5-6,8-13,17H2,1-3H3,(H,30,31). The summed E-state index contributed by atoms with van der Waals surface area (Å²) in [5.41, 5.74) is 2.22. The van der Waals surface area contributed by atoms with Crippen molar-refractivity contribution >= 4 is 16.9 Å². The highest BCUT2D eigenvalue weighted by atomic mass is 19.1. The molecule has 34 heavy (non-hydrogen) atoms. The van der Waals surface area contributed by atoms with Crippen LogP contribution in [-0.2, 0) is 0 Å². The molecular formula is C26H34F2N6. The fraction of sp³-hybridized carbons (Fsp3) is 0.538. The van der Waals surface area contributed by atoms with Gasteiger partial charge in [-0.3, -0.25) is 4.90 Å². The van der Waals surface area contributed by atoms with Gasteiger partial charge < -0.3 is 14.8 Å². The zero-order valence-electron chi connectivity index (χ0n) is 20.3. The molecule has 2 aromatic heterocycles. The topological polar surface area (TPSA) is 51.3 Å². The first kappa shape index (κ1) is 23.2. The van der Waals surface area contributed by atoms with E-state index in [1.807, 2.05) is 6.07 Å². The Labute approximate surface area is 200 Å². The van der Waals surface area contributed by atoms with Crippen LogP contribution in [0.25, 0.3) is 22.4 Å². The fourth-order valence-corrected chi connectivity index (χ4v) is 5.27. The second kappa shape index (κ2) is 9.23. The summed E-state index contributed by atoms with van der Waals surface area (Å²) in [6.07, 6.45) is 4.03. The van der Waals surface area contributed by atoms with Crippen LogP contribution in [0.3, 0.4) is 0 Å². The third-order valence-corrected chi connectivity index (χ3v) is 7.27. The summed E-state index contributed by atoms with van der Waals surface area (Å²) in [4.78, 5) is 20.0. The number of nitrogens with one attached hydrogen (secondary N) is 1. The number of imidazole rings is 1. The molecule has 0 amide bonds. The molecule has 2 saturated heterocycles. The molecule has 4 heterocycles. The van der Waals surface area contributed by atoms with Crippen molar-refractivity contribution in [2.75, 3.05) is 50.7 Å². The first-order chi connectivity index (χ1) is 16.3. The molecule has 5 rings (SSSR count). The number of aromatic nitrogens is 3. The van der Waals surface area contributed by atoms with Crippen LogP contribution in [0.5, 0.6) is 0 Å². The van der Waals surface area contributed by atoms with Gasteiger partial charge in [0.15, 0.2) is 5.82 Å². The van der Waals surface area contributed by atoms with Crippen LogP contribution in [0.4, 0.5) is 14.6 Å². The van der Waals surface area contributed by atoms with Crippen molar-refractivity contribution in [2.45, 2.75) is 39.2 Å². The Morgan fingerprint density at radius 3 is 2.29 bits per heavy atom. The molecule has 1 aromatic carbocycles. The summed E-state index contributed by atoms with van der Waals surface area (Å²) < 4.78 is 27.4. The van der Waals surface area contributed by atoms with Gasteiger partial charge in [-0.1, -0.05) is 0 Å². The average Bonchev–Trinajstić information content (AvgIpc) is 3.23. The summed E-state index contributed by atoms with van der Waals surface area (Å²) in [5.74, 6) is 0.758. The number of halogens is 2. The molecule has 2 aliphatic heterocycles. The molecule has 8 heteroatoms. The van der Waals surface area contributed by atoms with E-state index in [4.69, 9.17) is 0 Å². The van der Waals surface area contributed by atoms with E-state index in [1.165, 1.54) is 18.7 Å². The molecule has 0 aliphatic carbocycles. The van der Waals surface area contributed by atoms with Crippen LogP contribution in [0.15, 0.2) is 30.5 Å². The van der Waals surface area contributed by atoms with E-state index in [1.54, 1.807) is 6.20 Å². The van der Waals surface area contributed by atoms with Crippen molar-refractivity contribution in [2.24, 2.45) is 5.92 Å². The lowest BCUT2D eigenvalue weighted by Crippen LogP contribution is -2.54. The van der Waals surface area contributed by atoms with Crippen molar-refractivity contribution in [3.63, 3.8) is 0 Å². The molecule has 0 saturated carbocycles. The number of piperidine rings is 1. The Bertz CT molecular complexity index is 1120. The number of fused-ring (bicyclic) bond motifs is 1. The van der Waals surface area contributed by atoms with E-state index in [0.717, 1.165) is 75.0 Å². The molecule has 0 unspecified atom stereocenters. The minimum absolute atomic E-state index is 0.250. The smallest absolute Gasteiger partial charge is 0.156 e. The number of hydrogen-bond donors (Lipinski definition) is 1. The van der Waals surface area contributed by atoms with Gasteiger partial charge in [-0.2, -0.15) is 0 Å². The van der Waals surface area contributed by atoms with Crippen LogP contribution >= 0.6 is 0 Å². The third-order valence-electron chi connectivity index (χ3n) is 7.27. The minimum Gasteiger partial charge on any atom is -0.355 e. The first-order valence-electron chi connectivity index (χ1n) is 12.3. The highest BCUT2D eigenvalue weighted by Gasteiger charge is 2.28. The van der Waals surface area contributed by atoms with Gasteiger partial charge in [0, 0.05) is 69.2 Å². The number of hydrogen-bond acceptors (Lipinski definition) is 5. The van der Waals surface area contributed by atoms with Crippen molar-refractivity contribution < 1.29 is 8.78 Å². The zero-order chi connectivity index (χ0) is 23.9. The molecular weight excluding hydrogens is 434 g/mol. The number of nitrogens with zero attached hydrogens (tertiary/aromatic N) is 5. The minimum atomic E-state index is -0.615. The van der Waals surface area contributed by atoms with Crippen LogP contribution in [0, 0.1) is 17.6 Å². The van der Waals surface area contributed by atoms with Crippen molar-refractivity contribution in [3.05, 3.63) is 42.1 Å². The number of anilines is 1. The summed E-state index contributed by atoms with van der Waals surface area (Å²) in [6.45, 7) is 14.5. The van der Waals surface area contributed by atoms with E-state index in [-0.39, 0.29) is 5.54 Å². The van der Waals surface area contributed by atoms with Gasteiger partial charge in [0.05, 0.1) is 5.52 Å². The molecule has 2 fully saturated rings. The van der Waals surface area contributed by atoms with Gasteiger partial charge in [0.1, 0.15) is 23.0 Å². The quantitative estimate of drug-likeness (QED) is 0.610. The van der Waals surface area contributed by atoms with E-state index in [0.29, 0.717) is 17.3 Å². The van der Waals surface area contributed by atoms with Gasteiger partial charge in [0.2, 0.25) is 0 Å². The maximum absolute atomic E-state index is 13.7. The van der Waals surface area contributed by atoms with Gasteiger partial charge in [0.25, 0.3) is 0 Å². The molecule has 0 spiro atoms. The summed E-state index contributed by atoms with van der Waals surface area (Å²) in [7, 11) is 0. The highest BCUT2D eigenvalue weighted by molar-refractivity contribution is 5.88. The summed E-state index contributed by atoms with van der Waals surface area (Å²) >= 11 is 0. The first-order valence-corrected chi connectivity index (χ1v) is 12.3. The second-order valence-electron chi connectivity index (χ2n) is 10.7. The Balaban J connectivity index is 1.23. The molecule has 3 aromatic rings. The Hall–Kier alpha value is -2.58. The van der Waals surface area contributed by atoms with Gasteiger partial charge in [-0.25, -0.2) is 18.7 Å². The Morgan fingerprint density at radius 2 is 1.65 bits per heavy atom. The molecule has 6 nitrogen and oxygen atoms in total. The van der Waals surface area contributed by atoms with Crippen LogP contribution in [-0.4, -0.2) is 76.1 Å². The Morgan fingerprint density at radius 1 is 0.971 bits per heavy atom. The Kier molecular flexibility index (Phi) is 6.29. The van der Waals surface area contributed by atoms with Crippen molar-refractivity contribution in [1.82, 2.24) is 24.8 Å². The van der Waals surface area contributed by atoms with E-state index < -0.39 is 11.6 Å². The second-order valence-corrected chi connectivity index (χ2v) is 10.7. The molecule has 2 aliphatic rings. The number of H-pyrrole nitrogens is 1. The van der Waals surface area contributed by atoms with Gasteiger partial charge in [-0.05, 0) is 57.7 Å². The number of pyridine rings is 1. The lowest BCUT2D eigenvalue weighted by molar-refractivity contribution is 0.0533. The van der Waals surface area contributed by atoms with Crippen molar-refractivity contribution in [3.8, 4) is 11.4 Å². The summed E-state index contributed by atoms with van der Waals surface area (Å²) in [5, 5.41) is 0. The van der Waals surface area contributed by atoms with E-state index in [9.17, 15) is 8.78 Å². The number of piperazine rings is 1. The monoisotopic (exact) mass is 468 g/mol. The van der Waals surface area contributed by atoms with E-state index in [2.05, 4.69) is 50.4 Å². The molecule has 182 valence electrons. The zero-order valence-corrected chi connectivity index (χ0v) is 20.3. The van der Waals surface area contributed by atoms with Crippen LogP contribution < -0.4 is 4.90 Å². The maximum atomic E-state index is 13.7. The lowest BCUT2D eigenvalue weighted by atomic mass is 9.95. The number of aromatic amines is 1.